The van der Waals surface area contributed by atoms with Gasteiger partial charge in [0.15, 0.2) is 11.0 Å². The molecule has 0 aliphatic rings. The second kappa shape index (κ2) is 10.8. The zero-order valence-corrected chi connectivity index (χ0v) is 19.3. The Labute approximate surface area is 197 Å². The van der Waals surface area contributed by atoms with E-state index in [4.69, 9.17) is 4.74 Å². The first-order chi connectivity index (χ1) is 16.2. The third kappa shape index (κ3) is 5.62. The number of fused-ring (bicyclic) bond motifs is 1. The van der Waals surface area contributed by atoms with Gasteiger partial charge in [-0.1, -0.05) is 84.6 Å². The van der Waals surface area contributed by atoms with Crippen molar-refractivity contribution in [1.29, 1.82) is 0 Å². The SMILES string of the molecule is C=CCn1c(COc2cccc3ccccc23)nnc1SCC(=O)N[C@@H](C)c1ccccc1. The first-order valence-corrected chi connectivity index (χ1v) is 11.7. The van der Waals surface area contributed by atoms with E-state index in [0.29, 0.717) is 17.5 Å². The summed E-state index contributed by atoms with van der Waals surface area (Å²) in [6, 6.07) is 23.9. The smallest absolute Gasteiger partial charge is 0.230 e. The van der Waals surface area contributed by atoms with Gasteiger partial charge in [0.25, 0.3) is 0 Å². The predicted octanol–water partition coefficient (Wildman–Crippen LogP) is 5.17. The fourth-order valence-corrected chi connectivity index (χ4v) is 4.32. The first kappa shape index (κ1) is 22.6. The molecule has 1 aromatic heterocycles. The molecule has 0 bridgehead atoms. The monoisotopic (exact) mass is 458 g/mol. The second-order valence-electron chi connectivity index (χ2n) is 7.55. The number of amides is 1. The molecule has 0 fully saturated rings. The van der Waals surface area contributed by atoms with E-state index >= 15 is 0 Å². The Morgan fingerprint density at radius 1 is 1.09 bits per heavy atom. The molecule has 1 amide bonds. The molecule has 1 heterocycles. The molecule has 1 N–H and O–H groups in total. The maximum atomic E-state index is 12.5. The van der Waals surface area contributed by atoms with Gasteiger partial charge in [-0.05, 0) is 23.9 Å². The number of thioether (sulfide) groups is 1. The molecule has 0 spiro atoms. The highest BCUT2D eigenvalue weighted by Crippen LogP contribution is 2.26. The van der Waals surface area contributed by atoms with Crippen molar-refractivity contribution in [2.24, 2.45) is 0 Å². The van der Waals surface area contributed by atoms with Crippen LogP contribution in [0.5, 0.6) is 5.75 Å². The van der Waals surface area contributed by atoms with Crippen LogP contribution >= 0.6 is 11.8 Å². The summed E-state index contributed by atoms with van der Waals surface area (Å²) in [6.45, 7) is 6.62. The summed E-state index contributed by atoms with van der Waals surface area (Å²) in [7, 11) is 0. The first-order valence-electron chi connectivity index (χ1n) is 10.8. The molecule has 0 aliphatic heterocycles. The number of benzene rings is 3. The molecular formula is C26H26N4O2S. The van der Waals surface area contributed by atoms with E-state index in [1.54, 1.807) is 6.08 Å². The summed E-state index contributed by atoms with van der Waals surface area (Å²) in [5.74, 6) is 1.67. The van der Waals surface area contributed by atoms with Gasteiger partial charge in [-0.25, -0.2) is 0 Å². The number of ether oxygens (including phenoxy) is 1. The highest BCUT2D eigenvalue weighted by Gasteiger charge is 2.16. The van der Waals surface area contributed by atoms with Crippen LogP contribution in [0.25, 0.3) is 10.8 Å². The Hall–Kier alpha value is -3.58. The van der Waals surface area contributed by atoms with Crippen LogP contribution in [0.1, 0.15) is 24.4 Å². The molecule has 0 saturated carbocycles. The van der Waals surface area contributed by atoms with E-state index in [-0.39, 0.29) is 24.3 Å². The normalized spacial score (nSPS) is 11.8. The van der Waals surface area contributed by atoms with Gasteiger partial charge in [0.2, 0.25) is 5.91 Å². The minimum absolute atomic E-state index is 0.0574. The highest BCUT2D eigenvalue weighted by atomic mass is 32.2. The van der Waals surface area contributed by atoms with Crippen LogP contribution in [0.15, 0.2) is 90.6 Å². The van der Waals surface area contributed by atoms with Crippen LogP contribution in [0.2, 0.25) is 0 Å². The van der Waals surface area contributed by atoms with Crippen molar-refractivity contribution in [3.8, 4) is 5.75 Å². The van der Waals surface area contributed by atoms with E-state index in [2.05, 4.69) is 34.2 Å². The van der Waals surface area contributed by atoms with Crippen molar-refractivity contribution in [3.63, 3.8) is 0 Å². The third-order valence-corrected chi connectivity index (χ3v) is 6.19. The predicted molar refractivity (Wildman–Crippen MR) is 132 cm³/mol. The van der Waals surface area contributed by atoms with Crippen LogP contribution in [0, 0.1) is 0 Å². The van der Waals surface area contributed by atoms with E-state index < -0.39 is 0 Å². The standard InChI is InChI=1S/C26H26N4O2S/c1-3-16-30-24(17-32-23-15-9-13-21-12-7-8-14-22(21)23)28-29-26(30)33-18-25(31)27-19(2)20-10-5-4-6-11-20/h3-15,19H,1,16-18H2,2H3,(H,27,31)/t19-/m0/s1. The van der Waals surface area contributed by atoms with Gasteiger partial charge in [-0.15, -0.1) is 16.8 Å². The lowest BCUT2D eigenvalue weighted by atomic mass is 10.1. The number of nitrogens with zero attached hydrogens (tertiary/aromatic N) is 3. The number of aromatic nitrogens is 3. The van der Waals surface area contributed by atoms with E-state index in [1.807, 2.05) is 72.2 Å². The zero-order chi connectivity index (χ0) is 23.0. The summed E-state index contributed by atoms with van der Waals surface area (Å²) in [6.07, 6.45) is 1.78. The number of hydrogen-bond donors (Lipinski definition) is 1. The van der Waals surface area contributed by atoms with Crippen molar-refractivity contribution in [2.75, 3.05) is 5.75 Å². The summed E-state index contributed by atoms with van der Waals surface area (Å²) in [5.41, 5.74) is 1.07. The molecule has 4 rings (SSSR count). The number of nitrogens with one attached hydrogen (secondary N) is 1. The summed E-state index contributed by atoms with van der Waals surface area (Å²) in [4.78, 5) is 12.5. The number of carbonyl (C=O) groups is 1. The van der Waals surface area contributed by atoms with Crippen LogP contribution in [0.3, 0.4) is 0 Å². The van der Waals surface area contributed by atoms with Crippen molar-refractivity contribution in [1.82, 2.24) is 20.1 Å². The van der Waals surface area contributed by atoms with Crippen LogP contribution < -0.4 is 10.1 Å². The maximum absolute atomic E-state index is 12.5. The van der Waals surface area contributed by atoms with Crippen LogP contribution in [-0.2, 0) is 17.9 Å². The van der Waals surface area contributed by atoms with E-state index in [0.717, 1.165) is 22.1 Å². The molecule has 0 radical (unpaired) electrons. The summed E-state index contributed by atoms with van der Waals surface area (Å²) in [5, 5.41) is 14.4. The van der Waals surface area contributed by atoms with Gasteiger partial charge < -0.3 is 10.1 Å². The molecule has 33 heavy (non-hydrogen) atoms. The quantitative estimate of drug-likeness (QED) is 0.262. The Bertz CT molecular complexity index is 1230. The molecule has 168 valence electrons. The van der Waals surface area contributed by atoms with Crippen LogP contribution in [0.4, 0.5) is 0 Å². The highest BCUT2D eigenvalue weighted by molar-refractivity contribution is 7.99. The fraction of sp³-hybridized carbons (Fsp3) is 0.192. The van der Waals surface area contributed by atoms with E-state index in [1.165, 1.54) is 11.8 Å². The van der Waals surface area contributed by atoms with Gasteiger partial charge in [-0.3, -0.25) is 9.36 Å². The molecule has 6 nitrogen and oxygen atoms in total. The van der Waals surface area contributed by atoms with Crippen LogP contribution in [-0.4, -0.2) is 26.4 Å². The Kier molecular flexibility index (Phi) is 7.42. The molecule has 0 unspecified atom stereocenters. The van der Waals surface area contributed by atoms with Crippen molar-refractivity contribution in [3.05, 3.63) is 96.8 Å². The lowest BCUT2D eigenvalue weighted by molar-refractivity contribution is -0.119. The topological polar surface area (TPSA) is 69.0 Å². The number of carbonyl (C=O) groups excluding carboxylic acids is 1. The minimum Gasteiger partial charge on any atom is -0.485 e. The minimum atomic E-state index is -0.0602. The molecule has 4 aromatic rings. The van der Waals surface area contributed by atoms with Gasteiger partial charge in [0.1, 0.15) is 12.4 Å². The lowest BCUT2D eigenvalue weighted by Gasteiger charge is -2.14. The lowest BCUT2D eigenvalue weighted by Crippen LogP contribution is -2.28. The maximum Gasteiger partial charge on any atom is 0.230 e. The molecule has 0 saturated heterocycles. The zero-order valence-electron chi connectivity index (χ0n) is 18.5. The van der Waals surface area contributed by atoms with Gasteiger partial charge in [0.05, 0.1) is 11.8 Å². The number of allylic oxidation sites excluding steroid dienone is 1. The largest absolute Gasteiger partial charge is 0.485 e. The Morgan fingerprint density at radius 2 is 1.85 bits per heavy atom. The average molecular weight is 459 g/mol. The Balaban J connectivity index is 1.40. The molecule has 0 aliphatic carbocycles. The van der Waals surface area contributed by atoms with Crippen molar-refractivity contribution < 1.29 is 9.53 Å². The third-order valence-electron chi connectivity index (χ3n) is 5.22. The van der Waals surface area contributed by atoms with Gasteiger partial charge in [-0.2, -0.15) is 0 Å². The van der Waals surface area contributed by atoms with Crippen molar-refractivity contribution in [2.45, 2.75) is 31.3 Å². The molecular weight excluding hydrogens is 432 g/mol. The summed E-state index contributed by atoms with van der Waals surface area (Å²) >= 11 is 1.35. The average Bonchev–Trinajstić information content (AvgIpc) is 3.23. The molecule has 7 heteroatoms. The van der Waals surface area contributed by atoms with Crippen molar-refractivity contribution >= 4 is 28.4 Å². The second-order valence-corrected chi connectivity index (χ2v) is 8.50. The van der Waals surface area contributed by atoms with E-state index in [9.17, 15) is 4.79 Å². The number of rotatable bonds is 10. The van der Waals surface area contributed by atoms with Gasteiger partial charge in [0, 0.05) is 11.9 Å². The molecule has 3 aromatic carbocycles. The molecule has 1 atom stereocenters. The Morgan fingerprint density at radius 3 is 2.67 bits per heavy atom. The number of hydrogen-bond acceptors (Lipinski definition) is 5. The fourth-order valence-electron chi connectivity index (χ4n) is 3.55. The van der Waals surface area contributed by atoms with Gasteiger partial charge >= 0.3 is 0 Å². The summed E-state index contributed by atoms with van der Waals surface area (Å²) < 4.78 is 8.01.